The van der Waals surface area contributed by atoms with Crippen molar-refractivity contribution in [1.82, 2.24) is 0 Å². The van der Waals surface area contributed by atoms with Gasteiger partial charge in [-0.3, -0.25) is 0 Å². The third-order valence-corrected chi connectivity index (χ3v) is 4.92. The molecule has 0 unspecified atom stereocenters. The second kappa shape index (κ2) is 13.6. The molecule has 0 aromatic heterocycles. The molecule has 5 nitrogen and oxygen atoms in total. The lowest BCUT2D eigenvalue weighted by Crippen LogP contribution is -2.03. The third-order valence-electron chi connectivity index (χ3n) is 4.59. The van der Waals surface area contributed by atoms with Crippen molar-refractivity contribution in [3.63, 3.8) is 0 Å². The maximum atomic E-state index is 6.22. The molecule has 0 heterocycles. The van der Waals surface area contributed by atoms with Crippen LogP contribution in [-0.4, -0.2) is 33.1 Å². The largest absolute Gasteiger partial charge is 0.494 e. The first-order valence-electron chi connectivity index (χ1n) is 10.5. The van der Waals surface area contributed by atoms with Crippen LogP contribution in [0.2, 0.25) is 5.02 Å². The molecule has 31 heavy (non-hydrogen) atoms. The summed E-state index contributed by atoms with van der Waals surface area (Å²) in [6.45, 7) is 7.98. The number of aryl methyl sites for hydroxylation is 2. The first kappa shape index (κ1) is 24.6. The van der Waals surface area contributed by atoms with Crippen LogP contribution in [0.15, 0.2) is 47.6 Å². The fourth-order valence-corrected chi connectivity index (χ4v) is 3.24. The van der Waals surface area contributed by atoms with Crippen LogP contribution in [0.1, 0.15) is 42.9 Å². The number of rotatable bonds is 13. The van der Waals surface area contributed by atoms with E-state index in [0.29, 0.717) is 24.8 Å². The SMILES string of the molecule is C/C=C/COc1cc(C)c(OCCCCCOc2ccc(C=NOC)c(Cl)c2)c(C)c1. The second-order valence-corrected chi connectivity index (χ2v) is 7.53. The van der Waals surface area contributed by atoms with Gasteiger partial charge in [-0.2, -0.15) is 0 Å². The molecule has 0 atom stereocenters. The summed E-state index contributed by atoms with van der Waals surface area (Å²) in [5, 5.41) is 4.30. The molecule has 0 saturated carbocycles. The lowest BCUT2D eigenvalue weighted by atomic mass is 10.1. The highest BCUT2D eigenvalue weighted by Gasteiger charge is 2.07. The Labute approximate surface area is 190 Å². The Bertz CT molecular complexity index is 857. The highest BCUT2D eigenvalue weighted by molar-refractivity contribution is 6.33. The summed E-state index contributed by atoms with van der Waals surface area (Å²) in [5.74, 6) is 2.57. The van der Waals surface area contributed by atoms with Gasteiger partial charge in [0.2, 0.25) is 0 Å². The molecule has 2 aromatic rings. The van der Waals surface area contributed by atoms with E-state index in [1.165, 1.54) is 7.11 Å². The van der Waals surface area contributed by atoms with Crippen molar-refractivity contribution in [3.05, 3.63) is 64.2 Å². The Kier molecular flexibility index (Phi) is 10.8. The van der Waals surface area contributed by atoms with E-state index in [-0.39, 0.29) is 0 Å². The van der Waals surface area contributed by atoms with Crippen LogP contribution in [0.5, 0.6) is 17.2 Å². The summed E-state index contributed by atoms with van der Waals surface area (Å²) < 4.78 is 17.5. The van der Waals surface area contributed by atoms with Crippen molar-refractivity contribution < 1.29 is 19.0 Å². The van der Waals surface area contributed by atoms with Crippen LogP contribution in [0, 0.1) is 13.8 Å². The fraction of sp³-hybridized carbons (Fsp3) is 0.400. The van der Waals surface area contributed by atoms with Crippen molar-refractivity contribution in [1.29, 1.82) is 0 Å². The molecule has 0 aliphatic carbocycles. The van der Waals surface area contributed by atoms with Crippen LogP contribution in [0.3, 0.4) is 0 Å². The number of unbranched alkanes of at least 4 members (excludes halogenated alkanes) is 2. The minimum absolute atomic E-state index is 0.579. The first-order chi connectivity index (χ1) is 15.0. The molecule has 0 spiro atoms. The van der Waals surface area contributed by atoms with E-state index >= 15 is 0 Å². The number of nitrogens with zero attached hydrogens (tertiary/aromatic N) is 1. The van der Waals surface area contributed by atoms with Crippen molar-refractivity contribution in [2.24, 2.45) is 5.16 Å². The predicted octanol–water partition coefficient (Wildman–Crippen LogP) is 6.52. The maximum Gasteiger partial charge on any atom is 0.125 e. The number of benzene rings is 2. The minimum atomic E-state index is 0.579. The summed E-state index contributed by atoms with van der Waals surface area (Å²) >= 11 is 6.22. The smallest absolute Gasteiger partial charge is 0.125 e. The predicted molar refractivity (Wildman–Crippen MR) is 127 cm³/mol. The number of hydrogen-bond acceptors (Lipinski definition) is 5. The molecule has 0 amide bonds. The Balaban J connectivity index is 1.68. The van der Waals surface area contributed by atoms with Crippen molar-refractivity contribution in [2.75, 3.05) is 26.9 Å². The van der Waals surface area contributed by atoms with Gasteiger partial charge in [0.25, 0.3) is 0 Å². The molecule has 168 valence electrons. The fourth-order valence-electron chi connectivity index (χ4n) is 3.02. The van der Waals surface area contributed by atoms with E-state index < -0.39 is 0 Å². The van der Waals surface area contributed by atoms with E-state index in [1.54, 1.807) is 12.3 Å². The zero-order valence-electron chi connectivity index (χ0n) is 18.8. The molecule has 0 aliphatic heterocycles. The minimum Gasteiger partial charge on any atom is -0.494 e. The zero-order chi connectivity index (χ0) is 22.5. The van der Waals surface area contributed by atoms with Gasteiger partial charge < -0.3 is 19.0 Å². The summed E-state index contributed by atoms with van der Waals surface area (Å²) in [7, 11) is 1.49. The standard InChI is InChI=1S/C25H32ClNO4/c1-5-6-12-30-23-15-19(2)25(20(3)16-23)31-14-9-7-8-13-29-22-11-10-21(18-27-28-4)24(26)17-22/h5-6,10-11,15-18H,7-9,12-14H2,1-4H3/b6-5+,27-18?. The van der Waals surface area contributed by atoms with Crippen LogP contribution in [-0.2, 0) is 4.84 Å². The van der Waals surface area contributed by atoms with Crippen LogP contribution >= 0.6 is 11.6 Å². The second-order valence-electron chi connectivity index (χ2n) is 7.12. The van der Waals surface area contributed by atoms with Crippen molar-refractivity contribution in [2.45, 2.75) is 40.0 Å². The Morgan fingerprint density at radius 3 is 2.26 bits per heavy atom. The molecule has 2 rings (SSSR count). The summed E-state index contributed by atoms with van der Waals surface area (Å²) in [6, 6.07) is 9.58. The molecule has 0 radical (unpaired) electrons. The first-order valence-corrected chi connectivity index (χ1v) is 10.9. The highest BCUT2D eigenvalue weighted by atomic mass is 35.5. The van der Waals surface area contributed by atoms with Gasteiger partial charge in [0.05, 0.1) is 24.5 Å². The van der Waals surface area contributed by atoms with Gasteiger partial charge in [-0.15, -0.1) is 0 Å². The number of hydrogen-bond donors (Lipinski definition) is 0. The maximum absolute atomic E-state index is 6.22. The molecule has 0 fully saturated rings. The molecule has 0 saturated heterocycles. The van der Waals surface area contributed by atoms with E-state index in [4.69, 9.17) is 25.8 Å². The molecular formula is C25H32ClNO4. The summed E-state index contributed by atoms with van der Waals surface area (Å²) in [5.41, 5.74) is 2.97. The molecule has 0 bridgehead atoms. The van der Waals surface area contributed by atoms with Gasteiger partial charge in [-0.25, -0.2) is 0 Å². The Morgan fingerprint density at radius 2 is 1.61 bits per heavy atom. The molecule has 0 N–H and O–H groups in total. The molecular weight excluding hydrogens is 414 g/mol. The quantitative estimate of drug-likeness (QED) is 0.152. The van der Waals surface area contributed by atoms with E-state index in [0.717, 1.165) is 53.2 Å². The molecule has 6 heteroatoms. The van der Waals surface area contributed by atoms with Gasteiger partial charge in [0, 0.05) is 5.56 Å². The zero-order valence-corrected chi connectivity index (χ0v) is 19.6. The number of allylic oxidation sites excluding steroid dienone is 1. The summed E-state index contributed by atoms with van der Waals surface area (Å²) in [6.07, 6.45) is 8.47. The molecule has 2 aromatic carbocycles. The highest BCUT2D eigenvalue weighted by Crippen LogP contribution is 2.29. The van der Waals surface area contributed by atoms with Gasteiger partial charge in [-0.05, 0) is 81.5 Å². The number of halogens is 1. The molecule has 0 aliphatic rings. The monoisotopic (exact) mass is 445 g/mol. The average molecular weight is 446 g/mol. The third kappa shape index (κ3) is 8.54. The van der Waals surface area contributed by atoms with Crippen LogP contribution in [0.4, 0.5) is 0 Å². The van der Waals surface area contributed by atoms with Gasteiger partial charge in [0.1, 0.15) is 31.0 Å². The lowest BCUT2D eigenvalue weighted by molar-refractivity contribution is 0.215. The Hall–Kier alpha value is -2.66. The normalized spacial score (nSPS) is 11.3. The van der Waals surface area contributed by atoms with Crippen LogP contribution < -0.4 is 14.2 Å². The van der Waals surface area contributed by atoms with Crippen molar-refractivity contribution >= 4 is 17.8 Å². The topological polar surface area (TPSA) is 49.3 Å². The van der Waals surface area contributed by atoms with E-state index in [2.05, 4.69) is 23.8 Å². The lowest BCUT2D eigenvalue weighted by Gasteiger charge is -2.14. The van der Waals surface area contributed by atoms with Gasteiger partial charge in [-0.1, -0.05) is 28.9 Å². The number of ether oxygens (including phenoxy) is 3. The van der Waals surface area contributed by atoms with Gasteiger partial charge in [0.15, 0.2) is 0 Å². The van der Waals surface area contributed by atoms with E-state index in [1.807, 2.05) is 43.3 Å². The average Bonchev–Trinajstić information content (AvgIpc) is 2.74. The Morgan fingerprint density at radius 1 is 0.903 bits per heavy atom. The van der Waals surface area contributed by atoms with Crippen LogP contribution in [0.25, 0.3) is 0 Å². The van der Waals surface area contributed by atoms with Gasteiger partial charge >= 0.3 is 0 Å². The van der Waals surface area contributed by atoms with E-state index in [9.17, 15) is 0 Å². The number of oxime groups is 1. The summed E-state index contributed by atoms with van der Waals surface area (Å²) in [4.78, 5) is 4.67. The van der Waals surface area contributed by atoms with Crippen molar-refractivity contribution in [3.8, 4) is 17.2 Å².